The first-order valence-electron chi connectivity index (χ1n) is 6.24. The van der Waals surface area contributed by atoms with Gasteiger partial charge in [-0.1, -0.05) is 12.1 Å². The first-order valence-corrected chi connectivity index (χ1v) is 6.24. The van der Waals surface area contributed by atoms with Crippen LogP contribution in [0.25, 0.3) is 0 Å². The summed E-state index contributed by atoms with van der Waals surface area (Å²) in [6, 6.07) is 5.78. The maximum absolute atomic E-state index is 9.98. The van der Waals surface area contributed by atoms with Crippen LogP contribution in [-0.2, 0) is 13.1 Å². The molecule has 1 aromatic heterocycles. The molecule has 1 unspecified atom stereocenters. The van der Waals surface area contributed by atoms with E-state index in [0.717, 1.165) is 12.1 Å². The van der Waals surface area contributed by atoms with Gasteiger partial charge < -0.3 is 19.7 Å². The average Bonchev–Trinajstić information content (AvgIpc) is 2.90. The number of imidazole rings is 1. The van der Waals surface area contributed by atoms with E-state index in [1.807, 2.05) is 22.9 Å². The summed E-state index contributed by atoms with van der Waals surface area (Å²) in [6.07, 6.45) is 5.49. The van der Waals surface area contributed by atoms with Crippen molar-refractivity contribution < 1.29 is 9.84 Å². The van der Waals surface area contributed by atoms with E-state index in [1.165, 1.54) is 0 Å². The predicted molar refractivity (Wildman–Crippen MR) is 73.2 cm³/mol. The van der Waals surface area contributed by atoms with E-state index < -0.39 is 0 Å². The number of aromatic nitrogens is 2. The van der Waals surface area contributed by atoms with Crippen molar-refractivity contribution in [2.45, 2.75) is 26.1 Å². The molecule has 1 atom stereocenters. The van der Waals surface area contributed by atoms with E-state index in [2.05, 4.69) is 17.2 Å². The Hall–Kier alpha value is -2.01. The topological polar surface area (TPSA) is 59.3 Å². The Morgan fingerprint density at radius 1 is 1.47 bits per heavy atom. The van der Waals surface area contributed by atoms with E-state index in [-0.39, 0.29) is 11.8 Å². The van der Waals surface area contributed by atoms with Crippen LogP contribution in [-0.4, -0.2) is 27.8 Å². The van der Waals surface area contributed by atoms with Crippen molar-refractivity contribution in [3.8, 4) is 11.5 Å². The number of phenolic OH excluding ortho intramolecular Hbond substituents is 1. The smallest absolute Gasteiger partial charge is 0.162 e. The number of hydrogen-bond acceptors (Lipinski definition) is 4. The molecule has 0 bridgehead atoms. The third-order valence-electron chi connectivity index (χ3n) is 2.99. The summed E-state index contributed by atoms with van der Waals surface area (Å²) in [5.41, 5.74) is 0.830. The van der Waals surface area contributed by atoms with Crippen LogP contribution < -0.4 is 10.1 Å². The molecule has 2 rings (SSSR count). The molecule has 2 aromatic rings. The van der Waals surface area contributed by atoms with Crippen LogP contribution in [0.1, 0.15) is 12.5 Å². The van der Waals surface area contributed by atoms with E-state index in [9.17, 15) is 5.11 Å². The largest absolute Gasteiger partial charge is 0.504 e. The zero-order valence-electron chi connectivity index (χ0n) is 11.2. The number of nitrogens with one attached hydrogen (secondary N) is 1. The van der Waals surface area contributed by atoms with Crippen molar-refractivity contribution in [3.63, 3.8) is 0 Å². The summed E-state index contributed by atoms with van der Waals surface area (Å²) in [6.45, 7) is 3.53. The van der Waals surface area contributed by atoms with Gasteiger partial charge in [0.05, 0.1) is 13.4 Å². The zero-order chi connectivity index (χ0) is 13.7. The van der Waals surface area contributed by atoms with Crippen molar-refractivity contribution in [3.05, 3.63) is 42.5 Å². The molecular weight excluding hydrogens is 242 g/mol. The van der Waals surface area contributed by atoms with Gasteiger partial charge in [-0.25, -0.2) is 4.98 Å². The maximum atomic E-state index is 9.98. The second-order valence-electron chi connectivity index (χ2n) is 4.51. The summed E-state index contributed by atoms with van der Waals surface area (Å²) in [4.78, 5) is 4.01. The van der Waals surface area contributed by atoms with Crippen LogP contribution in [0, 0.1) is 0 Å². The molecule has 0 aliphatic rings. The van der Waals surface area contributed by atoms with E-state index >= 15 is 0 Å². The molecule has 0 fully saturated rings. The molecule has 1 aromatic carbocycles. The number of phenols is 1. The number of aromatic hydroxyl groups is 1. The minimum absolute atomic E-state index is 0.201. The van der Waals surface area contributed by atoms with Gasteiger partial charge in [0.25, 0.3) is 0 Å². The van der Waals surface area contributed by atoms with Gasteiger partial charge in [-0.3, -0.25) is 0 Å². The van der Waals surface area contributed by atoms with Crippen LogP contribution >= 0.6 is 0 Å². The van der Waals surface area contributed by atoms with Crippen molar-refractivity contribution in [1.29, 1.82) is 0 Å². The highest BCUT2D eigenvalue weighted by Crippen LogP contribution is 2.29. The lowest BCUT2D eigenvalue weighted by Gasteiger charge is -2.15. The van der Waals surface area contributed by atoms with Crippen LogP contribution in [0.2, 0.25) is 0 Å². The molecule has 19 heavy (non-hydrogen) atoms. The van der Waals surface area contributed by atoms with E-state index in [4.69, 9.17) is 4.74 Å². The third kappa shape index (κ3) is 3.48. The summed E-state index contributed by atoms with van der Waals surface area (Å²) >= 11 is 0. The van der Waals surface area contributed by atoms with Crippen molar-refractivity contribution in [1.82, 2.24) is 14.9 Å². The second kappa shape index (κ2) is 6.24. The van der Waals surface area contributed by atoms with Gasteiger partial charge in [-0.2, -0.15) is 0 Å². The quantitative estimate of drug-likeness (QED) is 0.832. The lowest BCUT2D eigenvalue weighted by atomic mass is 10.1. The highest BCUT2D eigenvalue weighted by Gasteiger charge is 2.08. The molecule has 0 saturated carbocycles. The summed E-state index contributed by atoms with van der Waals surface area (Å²) < 4.78 is 7.10. The fraction of sp³-hybridized carbons (Fsp3) is 0.357. The van der Waals surface area contributed by atoms with Gasteiger partial charge in [0.1, 0.15) is 0 Å². The standard InChI is InChI=1S/C14H19N3O2/c1-11(9-17-7-6-15-10-17)16-8-12-4-3-5-13(19-2)14(12)18/h3-7,10-11,16,18H,8-9H2,1-2H3. The number of methoxy groups -OCH3 is 1. The van der Waals surface area contributed by atoms with Gasteiger partial charge in [0, 0.05) is 37.1 Å². The lowest BCUT2D eigenvalue weighted by molar-refractivity contribution is 0.368. The van der Waals surface area contributed by atoms with Crippen LogP contribution in [0.4, 0.5) is 0 Å². The lowest BCUT2D eigenvalue weighted by Crippen LogP contribution is -2.29. The van der Waals surface area contributed by atoms with Gasteiger partial charge in [0.15, 0.2) is 11.5 Å². The Balaban J connectivity index is 1.91. The Bertz CT molecular complexity index is 511. The molecular formula is C14H19N3O2. The van der Waals surface area contributed by atoms with E-state index in [0.29, 0.717) is 12.3 Å². The molecule has 0 saturated heterocycles. The first kappa shape index (κ1) is 13.4. The summed E-state index contributed by atoms with van der Waals surface area (Å²) in [7, 11) is 1.55. The highest BCUT2D eigenvalue weighted by molar-refractivity contribution is 5.45. The molecule has 102 valence electrons. The highest BCUT2D eigenvalue weighted by atomic mass is 16.5. The fourth-order valence-electron chi connectivity index (χ4n) is 1.93. The van der Waals surface area contributed by atoms with Crippen molar-refractivity contribution in [2.75, 3.05) is 7.11 Å². The summed E-state index contributed by atoms with van der Waals surface area (Å²) in [5.74, 6) is 0.703. The molecule has 5 nitrogen and oxygen atoms in total. The Morgan fingerprint density at radius 3 is 3.00 bits per heavy atom. The van der Waals surface area contributed by atoms with Crippen LogP contribution in [0.5, 0.6) is 11.5 Å². The van der Waals surface area contributed by atoms with Gasteiger partial charge >= 0.3 is 0 Å². The van der Waals surface area contributed by atoms with Crippen LogP contribution in [0.15, 0.2) is 36.9 Å². The molecule has 2 N–H and O–H groups in total. The summed E-state index contributed by atoms with van der Waals surface area (Å²) in [5, 5.41) is 13.3. The predicted octanol–water partition coefficient (Wildman–Crippen LogP) is 1.78. The molecule has 0 aliphatic carbocycles. The number of nitrogens with zero attached hydrogens (tertiary/aromatic N) is 2. The van der Waals surface area contributed by atoms with Crippen molar-refractivity contribution in [2.24, 2.45) is 0 Å². The van der Waals surface area contributed by atoms with Crippen molar-refractivity contribution >= 4 is 0 Å². The maximum Gasteiger partial charge on any atom is 0.162 e. The Labute approximate surface area is 112 Å². The molecule has 1 heterocycles. The van der Waals surface area contributed by atoms with Gasteiger partial charge in [-0.05, 0) is 13.0 Å². The second-order valence-corrected chi connectivity index (χ2v) is 4.51. The fourth-order valence-corrected chi connectivity index (χ4v) is 1.93. The first-order chi connectivity index (χ1) is 9.20. The normalized spacial score (nSPS) is 12.3. The minimum atomic E-state index is 0.201. The monoisotopic (exact) mass is 261 g/mol. The SMILES string of the molecule is COc1cccc(CNC(C)Cn2ccnc2)c1O. The van der Waals surface area contributed by atoms with Gasteiger partial charge in [-0.15, -0.1) is 0 Å². The number of benzene rings is 1. The third-order valence-corrected chi connectivity index (χ3v) is 2.99. The number of ether oxygens (including phenoxy) is 1. The average molecular weight is 261 g/mol. The van der Waals surface area contributed by atoms with Crippen LogP contribution in [0.3, 0.4) is 0 Å². The molecule has 5 heteroatoms. The molecule has 0 aliphatic heterocycles. The number of rotatable bonds is 6. The number of hydrogen-bond donors (Lipinski definition) is 2. The Kier molecular flexibility index (Phi) is 4.41. The molecule has 0 radical (unpaired) electrons. The zero-order valence-corrected chi connectivity index (χ0v) is 11.2. The minimum Gasteiger partial charge on any atom is -0.504 e. The van der Waals surface area contributed by atoms with Gasteiger partial charge in [0.2, 0.25) is 0 Å². The number of para-hydroxylation sites is 1. The van der Waals surface area contributed by atoms with E-state index in [1.54, 1.807) is 25.7 Å². The molecule has 0 amide bonds. The Morgan fingerprint density at radius 2 is 2.32 bits per heavy atom. The molecule has 0 spiro atoms.